The third-order valence-corrected chi connectivity index (χ3v) is 6.72. The second kappa shape index (κ2) is 13.8. The van der Waals surface area contributed by atoms with E-state index in [-0.39, 0.29) is 48.9 Å². The second-order valence-corrected chi connectivity index (χ2v) is 9.56. The first-order chi connectivity index (χ1) is 15.1. The number of piperidine rings is 1. The predicted octanol–water partition coefficient (Wildman–Crippen LogP) is 2.71. The Morgan fingerprint density at radius 2 is 1.84 bits per heavy atom. The number of furan rings is 1. The van der Waals surface area contributed by atoms with E-state index < -0.39 is 10.0 Å². The van der Waals surface area contributed by atoms with Crippen LogP contribution in [-0.4, -0.2) is 58.3 Å². The summed E-state index contributed by atoms with van der Waals surface area (Å²) >= 11 is 0. The zero-order chi connectivity index (χ0) is 21.9. The minimum absolute atomic E-state index is 0. The molecule has 1 unspecified atom stereocenters. The third-order valence-electron chi connectivity index (χ3n) is 5.39. The maximum Gasteiger partial charge on any atom is 0.213 e. The van der Waals surface area contributed by atoms with Crippen LogP contribution in [0.2, 0.25) is 0 Å². The molecule has 0 aliphatic carbocycles. The monoisotopic (exact) mass is 575 g/mol. The molecule has 3 N–H and O–H groups in total. The van der Waals surface area contributed by atoms with Gasteiger partial charge in [0.2, 0.25) is 10.0 Å². The molecule has 1 aliphatic rings. The molecule has 1 aromatic carbocycles. The van der Waals surface area contributed by atoms with E-state index in [1.807, 2.05) is 42.5 Å². The van der Waals surface area contributed by atoms with E-state index in [0.717, 1.165) is 24.4 Å². The number of nitrogens with one attached hydrogen (secondary N) is 3. The summed E-state index contributed by atoms with van der Waals surface area (Å²) in [5.41, 5.74) is 0.929. The van der Waals surface area contributed by atoms with Crippen molar-refractivity contribution in [3.63, 3.8) is 0 Å². The summed E-state index contributed by atoms with van der Waals surface area (Å²) in [5.74, 6) is 1.47. The number of hydrogen-bond donors (Lipinski definition) is 3. The van der Waals surface area contributed by atoms with Crippen molar-refractivity contribution in [1.29, 1.82) is 0 Å². The number of halogens is 1. The van der Waals surface area contributed by atoms with Crippen LogP contribution in [0.1, 0.15) is 36.6 Å². The Balaban J connectivity index is 0.00000363. The van der Waals surface area contributed by atoms with Crippen LogP contribution in [0.25, 0.3) is 0 Å². The molecule has 0 bridgehead atoms. The molecular formula is C22H34IN5O3S. The van der Waals surface area contributed by atoms with Crippen LogP contribution in [0.15, 0.2) is 58.1 Å². The Morgan fingerprint density at radius 3 is 2.50 bits per heavy atom. The molecule has 2 aromatic rings. The number of guanidine groups is 1. The Hall–Kier alpha value is -1.63. The van der Waals surface area contributed by atoms with Crippen LogP contribution in [0.4, 0.5) is 0 Å². The highest BCUT2D eigenvalue weighted by Gasteiger charge is 2.24. The molecule has 32 heavy (non-hydrogen) atoms. The number of nitrogens with zero attached hydrogens (tertiary/aromatic N) is 2. The van der Waals surface area contributed by atoms with Crippen molar-refractivity contribution in [2.45, 2.75) is 31.8 Å². The van der Waals surface area contributed by atoms with Gasteiger partial charge < -0.3 is 15.1 Å². The van der Waals surface area contributed by atoms with Crippen LogP contribution in [-0.2, 0) is 16.6 Å². The number of rotatable bonds is 10. The van der Waals surface area contributed by atoms with Gasteiger partial charge in [-0.05, 0) is 43.6 Å². The smallest absolute Gasteiger partial charge is 0.213 e. The molecule has 8 nitrogen and oxygen atoms in total. The molecule has 1 atom stereocenters. The van der Waals surface area contributed by atoms with Gasteiger partial charge in [0.1, 0.15) is 5.76 Å². The summed E-state index contributed by atoms with van der Waals surface area (Å²) in [5, 5.41) is 6.42. The number of benzene rings is 1. The molecule has 0 saturated carbocycles. The molecular weight excluding hydrogens is 541 g/mol. The summed E-state index contributed by atoms with van der Waals surface area (Å²) in [4.78, 5) is 6.66. The standard InChI is InChI=1S/C22H33N5O3S.HI/c1-23-22(24-12-16-31(28,29)26-17-19-9-4-2-5-10-19)25-18-20(21-11-8-15-30-21)27-13-6-3-7-14-27;/h2,4-5,8-11,15,20,26H,3,6-7,12-14,16-18H2,1H3,(H2,23,24,25);1H. The lowest BCUT2D eigenvalue weighted by atomic mass is 10.1. The molecule has 0 radical (unpaired) electrons. The highest BCUT2D eigenvalue weighted by atomic mass is 127. The average Bonchev–Trinajstić information content (AvgIpc) is 3.33. The lowest BCUT2D eigenvalue weighted by molar-refractivity contribution is 0.146. The van der Waals surface area contributed by atoms with Crippen molar-refractivity contribution < 1.29 is 12.8 Å². The summed E-state index contributed by atoms with van der Waals surface area (Å²) in [6.07, 6.45) is 5.35. The van der Waals surface area contributed by atoms with E-state index >= 15 is 0 Å². The first-order valence-electron chi connectivity index (χ1n) is 10.8. The van der Waals surface area contributed by atoms with Crippen molar-refractivity contribution in [3.05, 3.63) is 60.1 Å². The predicted molar refractivity (Wildman–Crippen MR) is 139 cm³/mol. The maximum atomic E-state index is 12.3. The van der Waals surface area contributed by atoms with Crippen molar-refractivity contribution in [2.75, 3.05) is 39.0 Å². The van der Waals surface area contributed by atoms with Gasteiger partial charge >= 0.3 is 0 Å². The van der Waals surface area contributed by atoms with Gasteiger partial charge in [-0.15, -0.1) is 24.0 Å². The van der Waals surface area contributed by atoms with Gasteiger partial charge in [-0.1, -0.05) is 36.8 Å². The molecule has 2 heterocycles. The molecule has 1 aliphatic heterocycles. The van der Waals surface area contributed by atoms with Gasteiger partial charge in [0, 0.05) is 26.7 Å². The molecule has 0 amide bonds. The van der Waals surface area contributed by atoms with Gasteiger partial charge in [0.05, 0.1) is 18.1 Å². The van der Waals surface area contributed by atoms with Crippen LogP contribution in [0.3, 0.4) is 0 Å². The minimum atomic E-state index is -3.39. The summed E-state index contributed by atoms with van der Waals surface area (Å²) < 4.78 is 32.8. The fraction of sp³-hybridized carbons (Fsp3) is 0.500. The van der Waals surface area contributed by atoms with Crippen LogP contribution >= 0.6 is 24.0 Å². The zero-order valence-corrected chi connectivity index (χ0v) is 21.6. The van der Waals surface area contributed by atoms with Gasteiger partial charge in [0.15, 0.2) is 5.96 Å². The van der Waals surface area contributed by atoms with E-state index in [4.69, 9.17) is 4.42 Å². The van der Waals surface area contributed by atoms with Crippen molar-refractivity contribution >= 4 is 40.0 Å². The van der Waals surface area contributed by atoms with Gasteiger partial charge in [-0.2, -0.15) is 0 Å². The van der Waals surface area contributed by atoms with E-state index in [1.54, 1.807) is 13.3 Å². The molecule has 1 fully saturated rings. The Labute approximate surface area is 208 Å². The molecule has 3 rings (SSSR count). The fourth-order valence-corrected chi connectivity index (χ4v) is 4.60. The molecule has 178 valence electrons. The molecule has 1 saturated heterocycles. The second-order valence-electron chi connectivity index (χ2n) is 7.63. The molecule has 10 heteroatoms. The summed E-state index contributed by atoms with van der Waals surface area (Å²) in [7, 11) is -1.71. The van der Waals surface area contributed by atoms with Crippen molar-refractivity contribution in [2.24, 2.45) is 4.99 Å². The van der Waals surface area contributed by atoms with Crippen molar-refractivity contribution in [1.82, 2.24) is 20.3 Å². The quantitative estimate of drug-likeness (QED) is 0.229. The first kappa shape index (κ1) is 26.6. The topological polar surface area (TPSA) is 99.0 Å². The minimum Gasteiger partial charge on any atom is -0.468 e. The summed E-state index contributed by atoms with van der Waals surface area (Å²) in [6.45, 7) is 3.27. The van der Waals surface area contributed by atoms with E-state index in [9.17, 15) is 8.42 Å². The molecule has 0 spiro atoms. The fourth-order valence-electron chi connectivity index (χ4n) is 3.70. The Bertz CT molecular complexity index is 901. The number of likely N-dealkylation sites (tertiary alicyclic amines) is 1. The normalized spacial score (nSPS) is 16.2. The highest BCUT2D eigenvalue weighted by Crippen LogP contribution is 2.24. The van der Waals surface area contributed by atoms with Gasteiger partial charge in [0.25, 0.3) is 0 Å². The van der Waals surface area contributed by atoms with E-state index in [1.165, 1.54) is 19.3 Å². The largest absolute Gasteiger partial charge is 0.468 e. The SMILES string of the molecule is CN=C(NCCS(=O)(=O)NCc1ccccc1)NCC(c1ccco1)N1CCCCC1.I. The molecule has 1 aromatic heterocycles. The lowest BCUT2D eigenvalue weighted by Crippen LogP contribution is -2.45. The van der Waals surface area contributed by atoms with Crippen LogP contribution in [0, 0.1) is 0 Å². The van der Waals surface area contributed by atoms with E-state index in [0.29, 0.717) is 12.5 Å². The first-order valence-corrected chi connectivity index (χ1v) is 12.5. The van der Waals surface area contributed by atoms with E-state index in [2.05, 4.69) is 25.2 Å². The number of aliphatic imine (C=N–C) groups is 1. The van der Waals surface area contributed by atoms with Gasteiger partial charge in [-0.25, -0.2) is 13.1 Å². The summed E-state index contributed by atoms with van der Waals surface area (Å²) in [6, 6.07) is 13.5. The highest BCUT2D eigenvalue weighted by molar-refractivity contribution is 14.0. The Kier molecular flexibility index (Phi) is 11.5. The van der Waals surface area contributed by atoms with Crippen LogP contribution < -0.4 is 15.4 Å². The Morgan fingerprint density at radius 1 is 1.09 bits per heavy atom. The number of sulfonamides is 1. The zero-order valence-electron chi connectivity index (χ0n) is 18.5. The van der Waals surface area contributed by atoms with Crippen LogP contribution in [0.5, 0.6) is 0 Å². The van der Waals surface area contributed by atoms with Gasteiger partial charge in [-0.3, -0.25) is 9.89 Å². The third kappa shape index (κ3) is 8.72. The number of hydrogen-bond acceptors (Lipinski definition) is 5. The lowest BCUT2D eigenvalue weighted by Gasteiger charge is -2.33. The maximum absolute atomic E-state index is 12.3. The average molecular weight is 576 g/mol. The van der Waals surface area contributed by atoms with Crippen molar-refractivity contribution in [3.8, 4) is 0 Å².